The summed E-state index contributed by atoms with van der Waals surface area (Å²) in [4.78, 5) is 28.5. The zero-order chi connectivity index (χ0) is 17.4. The standard InChI is InChI=1S/C17H32N4O3.2ClH/c1-24-13-15(18)16(22)19-7-8-20-9-11-21(12-10-20)17(23)14-5-3-2-4-6-14;;/h14-15H,2-13,18H2,1H3,(H,19,22);2*1H. The number of carbonyl (C=O) groups excluding carboxylic acids is 2. The quantitative estimate of drug-likeness (QED) is 0.640. The third-order valence-corrected chi connectivity index (χ3v) is 5.05. The molecule has 1 aliphatic carbocycles. The van der Waals surface area contributed by atoms with Crippen LogP contribution in [0.2, 0.25) is 0 Å². The number of halogens is 2. The Morgan fingerprint density at radius 2 is 1.73 bits per heavy atom. The van der Waals surface area contributed by atoms with Crippen LogP contribution >= 0.6 is 24.8 Å². The fraction of sp³-hybridized carbons (Fsp3) is 0.882. The van der Waals surface area contributed by atoms with E-state index in [9.17, 15) is 9.59 Å². The highest BCUT2D eigenvalue weighted by atomic mass is 35.5. The largest absolute Gasteiger partial charge is 0.383 e. The second kappa shape index (κ2) is 13.6. The second-order valence-electron chi connectivity index (χ2n) is 6.85. The molecule has 1 saturated heterocycles. The lowest BCUT2D eigenvalue weighted by Crippen LogP contribution is -2.52. The fourth-order valence-electron chi connectivity index (χ4n) is 3.52. The van der Waals surface area contributed by atoms with E-state index in [4.69, 9.17) is 10.5 Å². The highest BCUT2D eigenvalue weighted by Crippen LogP contribution is 2.25. The number of nitrogens with two attached hydrogens (primary N) is 1. The van der Waals surface area contributed by atoms with E-state index in [0.717, 1.165) is 45.6 Å². The van der Waals surface area contributed by atoms with Crippen LogP contribution in [0.5, 0.6) is 0 Å². The summed E-state index contributed by atoms with van der Waals surface area (Å²) in [5, 5.41) is 2.83. The van der Waals surface area contributed by atoms with Crippen molar-refractivity contribution in [3.63, 3.8) is 0 Å². The zero-order valence-electron chi connectivity index (χ0n) is 15.7. The molecule has 0 radical (unpaired) electrons. The van der Waals surface area contributed by atoms with Crippen LogP contribution in [0.1, 0.15) is 32.1 Å². The van der Waals surface area contributed by atoms with Gasteiger partial charge >= 0.3 is 0 Å². The number of methoxy groups -OCH3 is 1. The molecule has 26 heavy (non-hydrogen) atoms. The Labute approximate surface area is 169 Å². The zero-order valence-corrected chi connectivity index (χ0v) is 17.3. The molecule has 1 saturated carbocycles. The molecule has 3 N–H and O–H groups in total. The Morgan fingerprint density at radius 1 is 1.12 bits per heavy atom. The van der Waals surface area contributed by atoms with Gasteiger partial charge in [0.25, 0.3) is 0 Å². The van der Waals surface area contributed by atoms with E-state index in [0.29, 0.717) is 12.5 Å². The maximum Gasteiger partial charge on any atom is 0.239 e. The highest BCUT2D eigenvalue weighted by Gasteiger charge is 2.28. The summed E-state index contributed by atoms with van der Waals surface area (Å²) in [5.41, 5.74) is 5.67. The SMILES string of the molecule is COCC(N)C(=O)NCCN1CCN(C(=O)C2CCCCC2)CC1.Cl.Cl. The van der Waals surface area contributed by atoms with E-state index in [-0.39, 0.29) is 43.2 Å². The molecule has 7 nitrogen and oxygen atoms in total. The van der Waals surface area contributed by atoms with Crippen LogP contribution in [0.4, 0.5) is 0 Å². The van der Waals surface area contributed by atoms with Crippen molar-refractivity contribution in [2.45, 2.75) is 38.1 Å². The van der Waals surface area contributed by atoms with E-state index in [2.05, 4.69) is 10.2 Å². The van der Waals surface area contributed by atoms with Crippen molar-refractivity contribution < 1.29 is 14.3 Å². The number of carbonyl (C=O) groups is 2. The molecule has 1 unspecified atom stereocenters. The van der Waals surface area contributed by atoms with Gasteiger partial charge in [0.05, 0.1) is 6.61 Å². The molecular formula is C17H34Cl2N4O3. The highest BCUT2D eigenvalue weighted by molar-refractivity contribution is 5.85. The fourth-order valence-corrected chi connectivity index (χ4v) is 3.52. The molecule has 1 aliphatic heterocycles. The Kier molecular flexibility index (Phi) is 13.2. The van der Waals surface area contributed by atoms with E-state index in [1.807, 2.05) is 4.90 Å². The Bertz CT molecular complexity index is 415. The molecular weight excluding hydrogens is 379 g/mol. The van der Waals surface area contributed by atoms with Gasteiger partial charge in [-0.2, -0.15) is 0 Å². The lowest BCUT2D eigenvalue weighted by atomic mass is 9.88. The lowest BCUT2D eigenvalue weighted by molar-refractivity contribution is -0.138. The number of nitrogens with zero attached hydrogens (tertiary/aromatic N) is 2. The topological polar surface area (TPSA) is 87.9 Å². The molecule has 154 valence electrons. The maximum atomic E-state index is 12.5. The van der Waals surface area contributed by atoms with Crippen LogP contribution in [0.15, 0.2) is 0 Å². The van der Waals surface area contributed by atoms with Crippen molar-refractivity contribution in [3.8, 4) is 0 Å². The van der Waals surface area contributed by atoms with Gasteiger partial charge in [0, 0.05) is 52.3 Å². The Morgan fingerprint density at radius 3 is 2.31 bits per heavy atom. The van der Waals surface area contributed by atoms with Crippen LogP contribution in [0, 0.1) is 5.92 Å². The van der Waals surface area contributed by atoms with Gasteiger partial charge in [0.2, 0.25) is 11.8 Å². The number of amides is 2. The van der Waals surface area contributed by atoms with Gasteiger partial charge in [-0.05, 0) is 12.8 Å². The van der Waals surface area contributed by atoms with E-state index < -0.39 is 6.04 Å². The summed E-state index contributed by atoms with van der Waals surface area (Å²) in [5.74, 6) is 0.433. The van der Waals surface area contributed by atoms with Gasteiger partial charge in [-0.15, -0.1) is 24.8 Å². The van der Waals surface area contributed by atoms with Crippen molar-refractivity contribution in [2.24, 2.45) is 11.7 Å². The second-order valence-corrected chi connectivity index (χ2v) is 6.85. The van der Waals surface area contributed by atoms with Gasteiger partial charge < -0.3 is 20.7 Å². The summed E-state index contributed by atoms with van der Waals surface area (Å²) < 4.78 is 4.87. The van der Waals surface area contributed by atoms with Crippen molar-refractivity contribution in [2.75, 3.05) is 53.0 Å². The van der Waals surface area contributed by atoms with Crippen LogP contribution in [-0.2, 0) is 14.3 Å². The predicted molar refractivity (Wildman–Crippen MR) is 107 cm³/mol. The number of hydrogen-bond donors (Lipinski definition) is 2. The monoisotopic (exact) mass is 412 g/mol. The summed E-state index contributed by atoms with van der Waals surface area (Å²) in [6.07, 6.45) is 5.79. The summed E-state index contributed by atoms with van der Waals surface area (Å²) in [6, 6.07) is -0.611. The van der Waals surface area contributed by atoms with E-state index in [1.165, 1.54) is 26.4 Å². The minimum absolute atomic E-state index is 0. The minimum Gasteiger partial charge on any atom is -0.383 e. The first-order valence-electron chi connectivity index (χ1n) is 9.15. The van der Waals surface area contributed by atoms with E-state index in [1.54, 1.807) is 0 Å². The number of nitrogens with one attached hydrogen (secondary N) is 1. The van der Waals surface area contributed by atoms with Gasteiger partial charge in [0.1, 0.15) is 6.04 Å². The predicted octanol–water partition coefficient (Wildman–Crippen LogP) is 0.644. The lowest BCUT2D eigenvalue weighted by Gasteiger charge is -2.37. The molecule has 0 spiro atoms. The first-order valence-corrected chi connectivity index (χ1v) is 9.15. The van der Waals surface area contributed by atoms with Crippen LogP contribution in [0.25, 0.3) is 0 Å². The normalized spacial score (nSPS) is 19.8. The molecule has 0 aromatic heterocycles. The molecule has 1 heterocycles. The van der Waals surface area contributed by atoms with Gasteiger partial charge in [-0.25, -0.2) is 0 Å². The summed E-state index contributed by atoms with van der Waals surface area (Å²) in [7, 11) is 1.53. The molecule has 2 aliphatic rings. The first-order chi connectivity index (χ1) is 11.6. The molecule has 0 aromatic rings. The number of piperazine rings is 1. The molecule has 2 rings (SSSR count). The van der Waals surface area contributed by atoms with Gasteiger partial charge in [-0.3, -0.25) is 14.5 Å². The molecule has 1 atom stereocenters. The third-order valence-electron chi connectivity index (χ3n) is 5.05. The Hall–Kier alpha value is -0.600. The number of ether oxygens (including phenoxy) is 1. The van der Waals surface area contributed by atoms with Crippen molar-refractivity contribution >= 4 is 36.6 Å². The molecule has 0 bridgehead atoms. The summed E-state index contributed by atoms with van der Waals surface area (Å²) >= 11 is 0. The third kappa shape index (κ3) is 7.96. The average Bonchev–Trinajstić information content (AvgIpc) is 2.62. The Balaban J connectivity index is 0.00000312. The van der Waals surface area contributed by atoms with Crippen LogP contribution in [-0.4, -0.2) is 80.6 Å². The molecule has 9 heteroatoms. The number of rotatable bonds is 7. The maximum absolute atomic E-state index is 12.5. The van der Waals surface area contributed by atoms with Crippen molar-refractivity contribution in [1.29, 1.82) is 0 Å². The van der Waals surface area contributed by atoms with E-state index >= 15 is 0 Å². The van der Waals surface area contributed by atoms with Crippen molar-refractivity contribution in [3.05, 3.63) is 0 Å². The van der Waals surface area contributed by atoms with Crippen LogP contribution in [0.3, 0.4) is 0 Å². The average molecular weight is 413 g/mol. The first kappa shape index (κ1) is 25.4. The van der Waals surface area contributed by atoms with Gasteiger partial charge in [0.15, 0.2) is 0 Å². The van der Waals surface area contributed by atoms with Gasteiger partial charge in [-0.1, -0.05) is 19.3 Å². The van der Waals surface area contributed by atoms with Crippen molar-refractivity contribution in [1.82, 2.24) is 15.1 Å². The minimum atomic E-state index is -0.611. The molecule has 0 aromatic carbocycles. The molecule has 2 fully saturated rings. The summed E-state index contributed by atoms with van der Waals surface area (Å²) in [6.45, 7) is 4.94. The molecule has 2 amide bonds. The number of hydrogen-bond acceptors (Lipinski definition) is 5. The smallest absolute Gasteiger partial charge is 0.239 e. The van der Waals surface area contributed by atoms with Crippen LogP contribution < -0.4 is 11.1 Å².